The molecule has 1 saturated heterocycles. The first-order valence-electron chi connectivity index (χ1n) is 7.65. The molecule has 2 amide bonds. The molecular formula is C16H18ClIN3O2+. The van der Waals surface area contributed by atoms with Gasteiger partial charge in [0.1, 0.15) is 10.7 Å². The Kier molecular flexibility index (Phi) is 4.93. The summed E-state index contributed by atoms with van der Waals surface area (Å²) in [4.78, 5) is 29.9. The van der Waals surface area contributed by atoms with Crippen LogP contribution in [0.3, 0.4) is 0 Å². The van der Waals surface area contributed by atoms with Crippen molar-refractivity contribution in [2.24, 2.45) is 0 Å². The van der Waals surface area contributed by atoms with Gasteiger partial charge in [-0.3, -0.25) is 9.59 Å². The Labute approximate surface area is 154 Å². The van der Waals surface area contributed by atoms with E-state index in [-0.39, 0.29) is 10.9 Å². The van der Waals surface area contributed by atoms with E-state index < -0.39 is 5.91 Å². The third-order valence-corrected chi connectivity index (χ3v) is 5.44. The fourth-order valence-electron chi connectivity index (χ4n) is 2.99. The zero-order valence-electron chi connectivity index (χ0n) is 12.8. The molecule has 1 aromatic rings. The van der Waals surface area contributed by atoms with Gasteiger partial charge in [0.25, 0.3) is 11.8 Å². The average molecular weight is 447 g/mol. The van der Waals surface area contributed by atoms with Crippen LogP contribution in [-0.2, 0) is 9.59 Å². The number of carbonyl (C=O) groups is 2. The Hall–Kier alpha value is -1.12. The number of benzene rings is 1. The fraction of sp³-hybridized carbons (Fsp3) is 0.375. The number of nitrogens with one attached hydrogen (secondary N) is 1. The Morgan fingerprint density at radius 3 is 2.30 bits per heavy atom. The predicted octanol–water partition coefficient (Wildman–Crippen LogP) is 0.835. The lowest BCUT2D eigenvalue weighted by atomic mass is 10.2. The molecule has 2 aliphatic heterocycles. The van der Waals surface area contributed by atoms with E-state index in [0.717, 1.165) is 36.3 Å². The molecule has 0 saturated carbocycles. The van der Waals surface area contributed by atoms with Crippen molar-refractivity contribution in [2.75, 3.05) is 37.6 Å². The minimum atomic E-state index is -0.432. The van der Waals surface area contributed by atoms with E-state index in [1.165, 1.54) is 9.80 Å². The lowest BCUT2D eigenvalue weighted by molar-refractivity contribution is -0.902. The summed E-state index contributed by atoms with van der Waals surface area (Å²) < 4.78 is 1.04. The molecule has 7 heteroatoms. The van der Waals surface area contributed by atoms with Gasteiger partial charge in [-0.1, -0.05) is 11.6 Å². The number of carbonyl (C=O) groups excluding carboxylic acids is 2. The molecule has 1 fully saturated rings. The first kappa shape index (κ1) is 16.7. The monoisotopic (exact) mass is 446 g/mol. The number of anilines is 1. The number of halogens is 2. The van der Waals surface area contributed by atoms with Crippen LogP contribution in [0.2, 0.25) is 0 Å². The minimum absolute atomic E-state index is 0.0356. The molecule has 2 heterocycles. The van der Waals surface area contributed by atoms with Crippen molar-refractivity contribution in [1.82, 2.24) is 4.90 Å². The summed E-state index contributed by atoms with van der Waals surface area (Å²) >= 11 is 8.40. The van der Waals surface area contributed by atoms with E-state index in [4.69, 9.17) is 11.6 Å². The van der Waals surface area contributed by atoms with Crippen LogP contribution < -0.4 is 9.80 Å². The van der Waals surface area contributed by atoms with Crippen LogP contribution in [0.5, 0.6) is 0 Å². The van der Waals surface area contributed by atoms with Crippen LogP contribution in [0.15, 0.2) is 35.0 Å². The van der Waals surface area contributed by atoms with Gasteiger partial charge in [0.15, 0.2) is 0 Å². The highest BCUT2D eigenvalue weighted by Gasteiger charge is 2.42. The number of quaternary nitrogens is 1. The van der Waals surface area contributed by atoms with Crippen molar-refractivity contribution < 1.29 is 14.5 Å². The van der Waals surface area contributed by atoms with Crippen molar-refractivity contribution in [1.29, 1.82) is 0 Å². The molecule has 0 aromatic heterocycles. The summed E-state index contributed by atoms with van der Waals surface area (Å²) in [5, 5.41) is 0.0356. The van der Waals surface area contributed by atoms with E-state index in [2.05, 4.69) is 29.5 Å². The van der Waals surface area contributed by atoms with Gasteiger partial charge in [0.05, 0.1) is 38.4 Å². The SMILES string of the molecule is CC[NH+]1CCN(C2=C(Cl)C(=O)N(c3ccc(I)cc3)C2=O)CC1. The summed E-state index contributed by atoms with van der Waals surface area (Å²) in [6.07, 6.45) is 0. The summed E-state index contributed by atoms with van der Waals surface area (Å²) in [6, 6.07) is 7.27. The number of likely N-dealkylation sites (N-methyl/N-ethyl adjacent to an activating group) is 1. The topological polar surface area (TPSA) is 45.1 Å². The molecule has 1 aromatic carbocycles. The van der Waals surface area contributed by atoms with Crippen molar-refractivity contribution in [2.45, 2.75) is 6.92 Å². The maximum Gasteiger partial charge on any atom is 0.283 e. The highest BCUT2D eigenvalue weighted by atomic mass is 127. The predicted molar refractivity (Wildman–Crippen MR) is 97.3 cm³/mol. The third-order valence-electron chi connectivity index (χ3n) is 4.38. The van der Waals surface area contributed by atoms with Gasteiger partial charge in [-0.2, -0.15) is 0 Å². The zero-order chi connectivity index (χ0) is 16.6. The second-order valence-corrected chi connectivity index (χ2v) is 7.30. The highest BCUT2D eigenvalue weighted by molar-refractivity contribution is 14.1. The van der Waals surface area contributed by atoms with Crippen LogP contribution in [-0.4, -0.2) is 49.4 Å². The van der Waals surface area contributed by atoms with Gasteiger partial charge >= 0.3 is 0 Å². The van der Waals surface area contributed by atoms with Crippen LogP contribution in [0.1, 0.15) is 6.92 Å². The van der Waals surface area contributed by atoms with Gasteiger partial charge in [-0.05, 0) is 53.8 Å². The molecule has 3 rings (SSSR count). The molecule has 122 valence electrons. The molecular weight excluding hydrogens is 429 g/mol. The summed E-state index contributed by atoms with van der Waals surface area (Å²) in [5.74, 6) is -0.751. The molecule has 0 radical (unpaired) electrons. The number of hydrogen-bond donors (Lipinski definition) is 1. The van der Waals surface area contributed by atoms with Crippen LogP contribution >= 0.6 is 34.2 Å². The smallest absolute Gasteiger partial charge is 0.283 e. The zero-order valence-corrected chi connectivity index (χ0v) is 15.7. The van der Waals surface area contributed by atoms with Crippen LogP contribution in [0, 0.1) is 3.57 Å². The Morgan fingerprint density at radius 2 is 1.74 bits per heavy atom. The quantitative estimate of drug-likeness (QED) is 0.553. The lowest BCUT2D eigenvalue weighted by Crippen LogP contribution is -3.14. The normalized spacial score (nSPS) is 20.0. The number of nitrogens with zero attached hydrogens (tertiary/aromatic N) is 2. The molecule has 5 nitrogen and oxygen atoms in total. The standard InChI is InChI=1S/C16H17ClIN3O2/c1-2-19-7-9-20(10-8-19)14-13(17)15(22)21(16(14)23)12-5-3-11(18)4-6-12/h3-6H,2,7-10H2,1H3/p+1. The number of hydrogen-bond acceptors (Lipinski definition) is 3. The third kappa shape index (κ3) is 3.12. The molecule has 0 atom stereocenters. The van der Waals surface area contributed by atoms with Crippen molar-refractivity contribution in [3.8, 4) is 0 Å². The summed E-state index contributed by atoms with van der Waals surface area (Å²) in [7, 11) is 0. The van der Waals surface area contributed by atoms with Gasteiger partial charge < -0.3 is 9.80 Å². The second kappa shape index (κ2) is 6.78. The van der Waals surface area contributed by atoms with Crippen LogP contribution in [0.25, 0.3) is 0 Å². The molecule has 0 spiro atoms. The second-order valence-electron chi connectivity index (χ2n) is 5.68. The number of imide groups is 1. The fourth-order valence-corrected chi connectivity index (χ4v) is 3.63. The molecule has 0 bridgehead atoms. The van der Waals surface area contributed by atoms with E-state index in [1.54, 1.807) is 12.1 Å². The van der Waals surface area contributed by atoms with E-state index >= 15 is 0 Å². The minimum Gasteiger partial charge on any atom is -0.354 e. The average Bonchev–Trinajstić information content (AvgIpc) is 2.78. The Morgan fingerprint density at radius 1 is 1.13 bits per heavy atom. The van der Waals surface area contributed by atoms with Gasteiger partial charge in [0, 0.05) is 3.57 Å². The molecule has 0 aliphatic carbocycles. The Balaban J connectivity index is 1.84. The first-order valence-corrected chi connectivity index (χ1v) is 9.11. The summed E-state index contributed by atoms with van der Waals surface area (Å²) in [6.45, 7) is 6.62. The molecule has 23 heavy (non-hydrogen) atoms. The van der Waals surface area contributed by atoms with E-state index in [0.29, 0.717) is 11.4 Å². The summed E-state index contributed by atoms with van der Waals surface area (Å²) in [5.41, 5.74) is 0.914. The van der Waals surface area contributed by atoms with Crippen molar-refractivity contribution >= 4 is 51.7 Å². The largest absolute Gasteiger partial charge is 0.354 e. The Bertz CT molecular complexity index is 666. The molecule has 1 N–H and O–H groups in total. The maximum absolute atomic E-state index is 12.8. The highest BCUT2D eigenvalue weighted by Crippen LogP contribution is 2.31. The lowest BCUT2D eigenvalue weighted by Gasteiger charge is -2.33. The maximum atomic E-state index is 12.8. The number of piperazine rings is 1. The number of amides is 2. The number of rotatable bonds is 3. The van der Waals surface area contributed by atoms with Crippen molar-refractivity contribution in [3.05, 3.63) is 38.6 Å². The van der Waals surface area contributed by atoms with Crippen molar-refractivity contribution in [3.63, 3.8) is 0 Å². The molecule has 2 aliphatic rings. The van der Waals surface area contributed by atoms with Gasteiger partial charge in [-0.15, -0.1) is 0 Å². The van der Waals surface area contributed by atoms with E-state index in [9.17, 15) is 9.59 Å². The van der Waals surface area contributed by atoms with E-state index in [1.807, 2.05) is 17.0 Å². The van der Waals surface area contributed by atoms with Gasteiger partial charge in [-0.25, -0.2) is 4.90 Å². The first-order chi connectivity index (χ1) is 11.0. The molecule has 0 unspecified atom stereocenters. The van der Waals surface area contributed by atoms with Crippen LogP contribution in [0.4, 0.5) is 5.69 Å². The van der Waals surface area contributed by atoms with Gasteiger partial charge in [0.2, 0.25) is 0 Å².